The van der Waals surface area contributed by atoms with Crippen LogP contribution in [0.4, 0.5) is 5.69 Å². The van der Waals surface area contributed by atoms with Gasteiger partial charge in [0, 0.05) is 6.20 Å². The standard InChI is InChI=1S/C12H13N5O/c13-16-11-6-2-1-5-10(11)12(18)14-8-9-4-3-7-15-17-9/h1-7,16H,8,13H2,(H,14,18). The number of nitrogen functional groups attached to an aromatic ring is 1. The summed E-state index contributed by atoms with van der Waals surface area (Å²) >= 11 is 0. The van der Waals surface area contributed by atoms with Gasteiger partial charge in [-0.15, -0.1) is 0 Å². The third-order valence-electron chi connectivity index (χ3n) is 2.38. The molecule has 1 aromatic heterocycles. The zero-order chi connectivity index (χ0) is 12.8. The van der Waals surface area contributed by atoms with Crippen molar-refractivity contribution in [2.24, 2.45) is 5.84 Å². The number of carbonyl (C=O) groups excluding carboxylic acids is 1. The smallest absolute Gasteiger partial charge is 0.253 e. The van der Waals surface area contributed by atoms with Gasteiger partial charge in [0.2, 0.25) is 0 Å². The van der Waals surface area contributed by atoms with Crippen molar-refractivity contribution in [1.82, 2.24) is 15.5 Å². The van der Waals surface area contributed by atoms with Gasteiger partial charge in [-0.1, -0.05) is 12.1 Å². The van der Waals surface area contributed by atoms with Crippen LogP contribution in [0.1, 0.15) is 16.1 Å². The molecule has 1 amide bonds. The zero-order valence-corrected chi connectivity index (χ0v) is 9.63. The molecule has 2 rings (SSSR count). The van der Waals surface area contributed by atoms with Crippen LogP contribution in [0.25, 0.3) is 0 Å². The van der Waals surface area contributed by atoms with Crippen LogP contribution < -0.4 is 16.6 Å². The van der Waals surface area contributed by atoms with E-state index in [1.54, 1.807) is 42.6 Å². The number of aromatic nitrogens is 2. The van der Waals surface area contributed by atoms with Crippen LogP contribution in [0.15, 0.2) is 42.6 Å². The highest BCUT2D eigenvalue weighted by Crippen LogP contribution is 2.13. The van der Waals surface area contributed by atoms with Crippen LogP contribution in [-0.4, -0.2) is 16.1 Å². The Balaban J connectivity index is 2.04. The summed E-state index contributed by atoms with van der Waals surface area (Å²) in [5.41, 5.74) is 4.25. The molecule has 6 heteroatoms. The van der Waals surface area contributed by atoms with Gasteiger partial charge < -0.3 is 10.7 Å². The number of amides is 1. The second-order valence-corrected chi connectivity index (χ2v) is 3.59. The second-order valence-electron chi connectivity index (χ2n) is 3.59. The first-order valence-electron chi connectivity index (χ1n) is 5.41. The molecule has 0 bridgehead atoms. The number of para-hydroxylation sites is 1. The van der Waals surface area contributed by atoms with Gasteiger partial charge in [0.1, 0.15) is 0 Å². The maximum absolute atomic E-state index is 11.9. The number of hydrogen-bond donors (Lipinski definition) is 3. The Labute approximate surface area is 104 Å². The van der Waals surface area contributed by atoms with E-state index in [2.05, 4.69) is 20.9 Å². The number of benzene rings is 1. The van der Waals surface area contributed by atoms with Gasteiger partial charge in [0.15, 0.2) is 0 Å². The van der Waals surface area contributed by atoms with Crippen LogP contribution in [0.5, 0.6) is 0 Å². The lowest BCUT2D eigenvalue weighted by molar-refractivity contribution is 0.0951. The first-order valence-corrected chi connectivity index (χ1v) is 5.41. The lowest BCUT2D eigenvalue weighted by atomic mass is 10.1. The molecule has 0 aliphatic heterocycles. The second kappa shape index (κ2) is 5.74. The topological polar surface area (TPSA) is 92.9 Å². The van der Waals surface area contributed by atoms with Crippen LogP contribution in [-0.2, 0) is 6.54 Å². The first-order chi connectivity index (χ1) is 8.81. The molecule has 92 valence electrons. The van der Waals surface area contributed by atoms with Gasteiger partial charge in [-0.05, 0) is 24.3 Å². The lowest BCUT2D eigenvalue weighted by Crippen LogP contribution is -2.25. The van der Waals surface area contributed by atoms with Crippen LogP contribution >= 0.6 is 0 Å². The highest BCUT2D eigenvalue weighted by atomic mass is 16.1. The number of nitrogens with zero attached hydrogens (tertiary/aromatic N) is 2. The molecule has 0 spiro atoms. The summed E-state index contributed by atoms with van der Waals surface area (Å²) in [5, 5.41) is 10.4. The summed E-state index contributed by atoms with van der Waals surface area (Å²) in [6.45, 7) is 0.325. The summed E-state index contributed by atoms with van der Waals surface area (Å²) in [7, 11) is 0. The third-order valence-corrected chi connectivity index (χ3v) is 2.38. The van der Waals surface area contributed by atoms with E-state index in [0.717, 1.165) is 0 Å². The van der Waals surface area contributed by atoms with Crippen molar-refractivity contribution in [3.63, 3.8) is 0 Å². The van der Waals surface area contributed by atoms with Gasteiger partial charge in [-0.25, -0.2) is 0 Å². The van der Waals surface area contributed by atoms with E-state index in [1.807, 2.05) is 0 Å². The van der Waals surface area contributed by atoms with Crippen molar-refractivity contribution in [2.75, 3.05) is 5.43 Å². The summed E-state index contributed by atoms with van der Waals surface area (Å²) in [5.74, 6) is 5.13. The molecule has 18 heavy (non-hydrogen) atoms. The fourth-order valence-corrected chi connectivity index (χ4v) is 1.50. The number of anilines is 1. The lowest BCUT2D eigenvalue weighted by Gasteiger charge is -2.08. The van der Waals surface area contributed by atoms with Gasteiger partial charge >= 0.3 is 0 Å². The molecule has 4 N–H and O–H groups in total. The first kappa shape index (κ1) is 12.0. The molecule has 0 radical (unpaired) electrons. The molecule has 0 fully saturated rings. The molecule has 0 saturated heterocycles. The Morgan fingerprint density at radius 2 is 2.06 bits per heavy atom. The SMILES string of the molecule is NNc1ccccc1C(=O)NCc1cccnn1. The summed E-state index contributed by atoms with van der Waals surface area (Å²) in [6, 6.07) is 10.6. The monoisotopic (exact) mass is 243 g/mol. The van der Waals surface area contributed by atoms with E-state index < -0.39 is 0 Å². The molecule has 2 aromatic rings. The van der Waals surface area contributed by atoms with Crippen molar-refractivity contribution >= 4 is 11.6 Å². The molecule has 0 atom stereocenters. The Kier molecular flexibility index (Phi) is 3.83. The minimum absolute atomic E-state index is 0.214. The van der Waals surface area contributed by atoms with E-state index in [1.165, 1.54) is 0 Å². The summed E-state index contributed by atoms with van der Waals surface area (Å²) < 4.78 is 0. The van der Waals surface area contributed by atoms with Crippen LogP contribution in [0, 0.1) is 0 Å². The molecular weight excluding hydrogens is 230 g/mol. The Morgan fingerprint density at radius 1 is 1.22 bits per heavy atom. The quantitative estimate of drug-likeness (QED) is 0.542. The molecule has 0 aliphatic rings. The molecular formula is C12H13N5O. The molecule has 0 unspecified atom stereocenters. The molecule has 0 aliphatic carbocycles. The minimum Gasteiger partial charge on any atom is -0.346 e. The summed E-state index contributed by atoms with van der Waals surface area (Å²) in [4.78, 5) is 11.9. The predicted molar refractivity (Wildman–Crippen MR) is 67.5 cm³/mol. The predicted octanol–water partition coefficient (Wildman–Crippen LogP) is 0.692. The number of carbonyl (C=O) groups is 1. The van der Waals surface area contributed by atoms with Crippen molar-refractivity contribution in [3.8, 4) is 0 Å². The fraction of sp³-hybridized carbons (Fsp3) is 0.0833. The number of nitrogens with two attached hydrogens (primary N) is 1. The Hall–Kier alpha value is -2.47. The van der Waals surface area contributed by atoms with Gasteiger partial charge in [-0.3, -0.25) is 10.6 Å². The number of rotatable bonds is 4. The van der Waals surface area contributed by atoms with E-state index in [-0.39, 0.29) is 5.91 Å². The summed E-state index contributed by atoms with van der Waals surface area (Å²) in [6.07, 6.45) is 1.58. The van der Waals surface area contributed by atoms with Crippen LogP contribution in [0.3, 0.4) is 0 Å². The fourth-order valence-electron chi connectivity index (χ4n) is 1.50. The van der Waals surface area contributed by atoms with Crippen molar-refractivity contribution < 1.29 is 4.79 Å². The minimum atomic E-state index is -0.214. The highest BCUT2D eigenvalue weighted by Gasteiger charge is 2.09. The Bertz CT molecular complexity index is 529. The van der Waals surface area contributed by atoms with Gasteiger partial charge in [-0.2, -0.15) is 10.2 Å². The molecule has 1 heterocycles. The average Bonchev–Trinajstić information content (AvgIpc) is 2.45. The average molecular weight is 243 g/mol. The number of hydrogen-bond acceptors (Lipinski definition) is 5. The Morgan fingerprint density at radius 3 is 2.78 bits per heavy atom. The maximum atomic E-state index is 11.9. The zero-order valence-electron chi connectivity index (χ0n) is 9.63. The van der Waals surface area contributed by atoms with Gasteiger partial charge in [0.05, 0.1) is 23.5 Å². The normalized spacial score (nSPS) is 9.83. The van der Waals surface area contributed by atoms with E-state index in [9.17, 15) is 4.79 Å². The van der Waals surface area contributed by atoms with Gasteiger partial charge in [0.25, 0.3) is 5.91 Å². The van der Waals surface area contributed by atoms with Crippen molar-refractivity contribution in [2.45, 2.75) is 6.54 Å². The van der Waals surface area contributed by atoms with Crippen molar-refractivity contribution in [3.05, 3.63) is 53.9 Å². The third kappa shape index (κ3) is 2.80. The highest BCUT2D eigenvalue weighted by molar-refractivity contribution is 5.99. The number of hydrazine groups is 1. The van der Waals surface area contributed by atoms with Crippen LogP contribution in [0.2, 0.25) is 0 Å². The van der Waals surface area contributed by atoms with E-state index >= 15 is 0 Å². The largest absolute Gasteiger partial charge is 0.346 e. The maximum Gasteiger partial charge on any atom is 0.253 e. The molecule has 0 saturated carbocycles. The molecule has 6 nitrogen and oxygen atoms in total. The number of nitrogens with one attached hydrogen (secondary N) is 2. The van der Waals surface area contributed by atoms with E-state index in [0.29, 0.717) is 23.5 Å². The molecule has 1 aromatic carbocycles. The van der Waals surface area contributed by atoms with E-state index in [4.69, 9.17) is 5.84 Å². The van der Waals surface area contributed by atoms with Crippen molar-refractivity contribution in [1.29, 1.82) is 0 Å².